The van der Waals surface area contributed by atoms with E-state index in [1.165, 1.54) is 33.8 Å². The monoisotopic (exact) mass is 438 g/mol. The van der Waals surface area contributed by atoms with E-state index in [0.717, 1.165) is 0 Å². The van der Waals surface area contributed by atoms with E-state index in [1.54, 1.807) is 6.92 Å². The molecule has 0 saturated carbocycles. The third-order valence-electron chi connectivity index (χ3n) is 5.59. The fourth-order valence-electron chi connectivity index (χ4n) is 4.23. The van der Waals surface area contributed by atoms with E-state index >= 15 is 0 Å². The number of hydrogen-bond donors (Lipinski definition) is 1. The molecule has 0 aromatic rings. The number of hydrogen-bond acceptors (Lipinski definition) is 10. The minimum atomic E-state index is -1.81. The van der Waals surface area contributed by atoms with E-state index in [1.807, 2.05) is 0 Å². The van der Waals surface area contributed by atoms with Gasteiger partial charge in [-0.3, -0.25) is 14.4 Å². The van der Waals surface area contributed by atoms with Crippen molar-refractivity contribution in [3.05, 3.63) is 23.0 Å². The Morgan fingerprint density at radius 2 is 1.81 bits per heavy atom. The Labute approximate surface area is 179 Å². The molecule has 1 saturated heterocycles. The van der Waals surface area contributed by atoms with Crippen LogP contribution in [0.1, 0.15) is 53.9 Å². The quantitative estimate of drug-likeness (QED) is 0.504. The van der Waals surface area contributed by atoms with Crippen LogP contribution < -0.4 is 0 Å². The summed E-state index contributed by atoms with van der Waals surface area (Å²) < 4.78 is 27.4. The number of fused-ring (bicyclic) bond motifs is 3. The molecule has 3 heterocycles. The van der Waals surface area contributed by atoms with Crippen molar-refractivity contribution in [1.29, 1.82) is 0 Å². The molecule has 1 fully saturated rings. The Bertz CT molecular complexity index is 898. The van der Waals surface area contributed by atoms with Crippen LogP contribution in [0.25, 0.3) is 0 Å². The van der Waals surface area contributed by atoms with Gasteiger partial charge in [0.25, 0.3) is 0 Å². The third-order valence-corrected chi connectivity index (χ3v) is 5.59. The fourth-order valence-corrected chi connectivity index (χ4v) is 4.23. The van der Waals surface area contributed by atoms with Crippen LogP contribution in [0.15, 0.2) is 23.0 Å². The van der Waals surface area contributed by atoms with Gasteiger partial charge in [0.05, 0.1) is 11.2 Å². The number of ether oxygens (including phenoxy) is 5. The predicted octanol–water partition coefficient (Wildman–Crippen LogP) is 1.20. The number of aliphatic hydroxyl groups is 1. The lowest BCUT2D eigenvalue weighted by molar-refractivity contribution is -0.305. The second kappa shape index (κ2) is 7.76. The average Bonchev–Trinajstić information content (AvgIpc) is 3.09. The molecule has 3 rings (SSSR count). The lowest BCUT2D eigenvalue weighted by atomic mass is 9.82. The molecule has 170 valence electrons. The number of carbonyl (C=O) groups excluding carboxylic acids is 4. The van der Waals surface area contributed by atoms with E-state index < -0.39 is 53.6 Å². The zero-order valence-electron chi connectivity index (χ0n) is 18.1. The second-order valence-electron chi connectivity index (χ2n) is 8.41. The van der Waals surface area contributed by atoms with Crippen LogP contribution in [0.4, 0.5) is 0 Å². The van der Waals surface area contributed by atoms with Crippen molar-refractivity contribution in [2.24, 2.45) is 0 Å². The lowest BCUT2D eigenvalue weighted by Crippen LogP contribution is -2.57. The topological polar surface area (TPSA) is 135 Å². The first-order valence-electron chi connectivity index (χ1n) is 9.89. The summed E-state index contributed by atoms with van der Waals surface area (Å²) in [5.41, 5.74) is -2.71. The Morgan fingerprint density at radius 3 is 2.39 bits per heavy atom. The summed E-state index contributed by atoms with van der Waals surface area (Å²) >= 11 is 0. The van der Waals surface area contributed by atoms with Crippen LogP contribution in [0.3, 0.4) is 0 Å². The second-order valence-corrected chi connectivity index (χ2v) is 8.41. The van der Waals surface area contributed by atoms with Gasteiger partial charge in [-0.2, -0.15) is 0 Å². The van der Waals surface area contributed by atoms with Crippen LogP contribution in [-0.4, -0.2) is 58.7 Å². The van der Waals surface area contributed by atoms with Gasteiger partial charge in [-0.25, -0.2) is 4.79 Å². The Morgan fingerprint density at radius 1 is 1.13 bits per heavy atom. The van der Waals surface area contributed by atoms with E-state index in [0.29, 0.717) is 6.42 Å². The number of rotatable bonds is 4. The normalized spacial score (nSPS) is 34.6. The molecule has 0 aromatic heterocycles. The van der Waals surface area contributed by atoms with Crippen molar-refractivity contribution in [3.63, 3.8) is 0 Å². The number of carbonyl (C=O) groups is 4. The maximum Gasteiger partial charge on any atom is 0.343 e. The van der Waals surface area contributed by atoms with Crippen molar-refractivity contribution < 1.29 is 48.0 Å². The molecule has 10 heteroatoms. The summed E-state index contributed by atoms with van der Waals surface area (Å²) in [6.07, 6.45) is 0.615. The van der Waals surface area contributed by atoms with Gasteiger partial charge in [-0.1, -0.05) is 0 Å². The average molecular weight is 438 g/mol. The summed E-state index contributed by atoms with van der Waals surface area (Å²) in [6, 6.07) is 0. The van der Waals surface area contributed by atoms with Gasteiger partial charge in [-0.05, 0) is 26.3 Å². The van der Waals surface area contributed by atoms with Gasteiger partial charge in [0, 0.05) is 39.2 Å². The van der Waals surface area contributed by atoms with Crippen molar-refractivity contribution in [3.8, 4) is 0 Å². The molecule has 3 aliphatic rings. The molecule has 1 N–H and O–H groups in total. The van der Waals surface area contributed by atoms with Crippen molar-refractivity contribution in [1.82, 2.24) is 0 Å². The lowest BCUT2D eigenvalue weighted by Gasteiger charge is -2.42. The smallest absolute Gasteiger partial charge is 0.343 e. The van der Waals surface area contributed by atoms with Gasteiger partial charge in [0.1, 0.15) is 24.1 Å². The zero-order chi connectivity index (χ0) is 23.2. The molecule has 4 unspecified atom stereocenters. The minimum Gasteiger partial charge on any atom is -0.461 e. The highest BCUT2D eigenvalue weighted by Crippen LogP contribution is 2.51. The van der Waals surface area contributed by atoms with Gasteiger partial charge in [-0.15, -0.1) is 0 Å². The van der Waals surface area contributed by atoms with Gasteiger partial charge >= 0.3 is 23.9 Å². The molecule has 3 aliphatic heterocycles. The first kappa shape index (κ1) is 23.0. The Balaban J connectivity index is 2.18. The van der Waals surface area contributed by atoms with E-state index in [-0.39, 0.29) is 29.7 Å². The molecule has 4 atom stereocenters. The zero-order valence-corrected chi connectivity index (χ0v) is 18.1. The van der Waals surface area contributed by atoms with E-state index in [4.69, 9.17) is 23.7 Å². The van der Waals surface area contributed by atoms with Crippen LogP contribution in [-0.2, 0) is 42.9 Å². The van der Waals surface area contributed by atoms with E-state index in [2.05, 4.69) is 0 Å². The highest BCUT2D eigenvalue weighted by Gasteiger charge is 2.61. The molecule has 31 heavy (non-hydrogen) atoms. The summed E-state index contributed by atoms with van der Waals surface area (Å²) in [7, 11) is 0. The first-order chi connectivity index (χ1) is 14.3. The number of esters is 4. The van der Waals surface area contributed by atoms with Crippen LogP contribution in [0.2, 0.25) is 0 Å². The predicted molar refractivity (Wildman–Crippen MR) is 102 cm³/mol. The highest BCUT2D eigenvalue weighted by molar-refractivity contribution is 5.95. The molecule has 2 bridgehead atoms. The summed E-state index contributed by atoms with van der Waals surface area (Å²) in [6.45, 7) is 6.29. The van der Waals surface area contributed by atoms with Crippen molar-refractivity contribution in [2.75, 3.05) is 6.61 Å². The summed E-state index contributed by atoms with van der Waals surface area (Å²) in [5, 5.41) is 11.4. The SMILES string of the molecule is CC(=O)OCC1=C2C(=CC3(C)CCC(OC(C)=O)(O3)C(C)(O)CC2OC(C)=O)OC1=O. The highest BCUT2D eigenvalue weighted by atomic mass is 16.7. The van der Waals surface area contributed by atoms with Crippen LogP contribution in [0, 0.1) is 0 Å². The Kier molecular flexibility index (Phi) is 5.74. The minimum absolute atomic E-state index is 0.00795. The molecule has 0 spiro atoms. The summed E-state index contributed by atoms with van der Waals surface area (Å²) in [5.74, 6) is -4.31. The standard InChI is InChI=1S/C21H26O10/c1-11(22)27-10-14-17-15(29-18(14)25)8-19(4)6-7-21(31-19,30-13(3)24)20(5,26)9-16(17)28-12(2)23/h8,16,26H,6-7,9-10H2,1-5H3. The molecular weight excluding hydrogens is 412 g/mol. The van der Waals surface area contributed by atoms with Crippen LogP contribution >= 0.6 is 0 Å². The molecule has 0 radical (unpaired) electrons. The van der Waals surface area contributed by atoms with Gasteiger partial charge < -0.3 is 28.8 Å². The third kappa shape index (κ3) is 4.35. The maximum atomic E-state index is 12.5. The van der Waals surface area contributed by atoms with E-state index in [9.17, 15) is 24.3 Å². The molecule has 0 aromatic carbocycles. The summed E-state index contributed by atoms with van der Waals surface area (Å²) in [4.78, 5) is 47.5. The molecular formula is C21H26O10. The molecule has 0 aliphatic carbocycles. The van der Waals surface area contributed by atoms with Crippen molar-refractivity contribution >= 4 is 23.9 Å². The van der Waals surface area contributed by atoms with Gasteiger partial charge in [0.15, 0.2) is 0 Å². The maximum absolute atomic E-state index is 12.5. The largest absolute Gasteiger partial charge is 0.461 e. The Hall–Kier alpha value is -2.72. The molecule has 10 nitrogen and oxygen atoms in total. The first-order valence-corrected chi connectivity index (χ1v) is 9.89. The fraction of sp³-hybridized carbons (Fsp3) is 0.619. The van der Waals surface area contributed by atoms with Crippen LogP contribution in [0.5, 0.6) is 0 Å². The molecule has 0 amide bonds. The van der Waals surface area contributed by atoms with Gasteiger partial charge in [0.2, 0.25) is 5.79 Å². The van der Waals surface area contributed by atoms with Crippen molar-refractivity contribution in [2.45, 2.75) is 77.0 Å².